The second-order valence-corrected chi connectivity index (χ2v) is 5.05. The third-order valence-corrected chi connectivity index (χ3v) is 3.61. The molecule has 0 amide bonds. The number of likely N-dealkylation sites (N-methyl/N-ethyl adjacent to an activating group) is 1. The average Bonchev–Trinajstić information content (AvgIpc) is 2.08. The molecule has 0 aromatic carbocycles. The van der Waals surface area contributed by atoms with Crippen LogP contribution in [0.2, 0.25) is 0 Å². The molecule has 0 spiro atoms. The summed E-state index contributed by atoms with van der Waals surface area (Å²) in [6, 6.07) is 0. The van der Waals surface area contributed by atoms with Crippen LogP contribution in [0.15, 0.2) is 0 Å². The van der Waals surface area contributed by atoms with Crippen LogP contribution in [-0.4, -0.2) is 39.5 Å². The Bertz CT molecular complexity index is 162. The zero-order valence-electron chi connectivity index (χ0n) is 7.51. The van der Waals surface area contributed by atoms with Gasteiger partial charge in [-0.2, -0.15) is 0 Å². The summed E-state index contributed by atoms with van der Waals surface area (Å²) in [4.78, 5) is 0. The van der Waals surface area contributed by atoms with Crippen molar-refractivity contribution in [3.05, 3.63) is 0 Å². The van der Waals surface area contributed by atoms with Gasteiger partial charge in [0.15, 0.2) is 0 Å². The molecule has 2 N–H and O–H groups in total. The molecule has 1 aliphatic rings. The summed E-state index contributed by atoms with van der Waals surface area (Å²) in [6.07, 6.45) is 1.35. The smallest absolute Gasteiger partial charge is 0.0789 e. The number of hydrogen-bond acceptors (Lipinski definition) is 3. The maximum atomic E-state index is 11.0. The van der Waals surface area contributed by atoms with Crippen LogP contribution in [0, 0.1) is 0 Å². The summed E-state index contributed by atoms with van der Waals surface area (Å²) in [5.74, 6) is 1.31. The summed E-state index contributed by atoms with van der Waals surface area (Å²) in [5.41, 5.74) is -0.593. The highest BCUT2D eigenvalue weighted by Gasteiger charge is 2.31. The normalized spacial score (nSPS) is 36.7. The Morgan fingerprint density at radius 3 is 2.58 bits per heavy atom. The minimum absolute atomic E-state index is 0.593. The van der Waals surface area contributed by atoms with E-state index in [4.69, 9.17) is 0 Å². The van der Waals surface area contributed by atoms with Gasteiger partial charge in [-0.05, 0) is 19.4 Å². The minimum atomic E-state index is -0.680. The molecule has 12 heavy (non-hydrogen) atoms. The Balaban J connectivity index is 2.34. The molecule has 3 nitrogen and oxygen atoms in total. The highest BCUT2D eigenvalue weighted by atomic mass is 32.2. The van der Waals surface area contributed by atoms with Crippen molar-refractivity contribution in [3.8, 4) is 0 Å². The summed E-state index contributed by atoms with van der Waals surface area (Å²) >= 11 is 0. The highest BCUT2D eigenvalue weighted by Crippen LogP contribution is 2.20. The molecular formula is C8H17NO2S. The van der Waals surface area contributed by atoms with E-state index in [1.54, 1.807) is 0 Å². The van der Waals surface area contributed by atoms with Gasteiger partial charge in [-0.15, -0.1) is 0 Å². The molecule has 1 saturated heterocycles. The molecule has 1 rings (SSSR count). The van der Waals surface area contributed by atoms with Crippen molar-refractivity contribution in [2.45, 2.75) is 25.4 Å². The predicted octanol–water partition coefficient (Wildman–Crippen LogP) is -0.131. The van der Waals surface area contributed by atoms with E-state index in [0.29, 0.717) is 30.9 Å². The van der Waals surface area contributed by atoms with Crippen molar-refractivity contribution in [2.24, 2.45) is 0 Å². The third-order valence-electron chi connectivity index (χ3n) is 2.29. The van der Waals surface area contributed by atoms with Gasteiger partial charge in [-0.25, -0.2) is 0 Å². The van der Waals surface area contributed by atoms with Gasteiger partial charge in [-0.1, -0.05) is 6.92 Å². The number of nitrogens with one attached hydrogen (secondary N) is 1. The van der Waals surface area contributed by atoms with Gasteiger partial charge in [0.1, 0.15) is 0 Å². The molecule has 4 heteroatoms. The van der Waals surface area contributed by atoms with E-state index in [0.717, 1.165) is 6.54 Å². The lowest BCUT2D eigenvalue weighted by atomic mass is 9.97. The fourth-order valence-corrected chi connectivity index (χ4v) is 2.79. The molecule has 0 aromatic heterocycles. The quantitative estimate of drug-likeness (QED) is 0.653. The molecule has 0 aromatic rings. The van der Waals surface area contributed by atoms with Crippen molar-refractivity contribution in [2.75, 3.05) is 24.6 Å². The first kappa shape index (κ1) is 10.2. The van der Waals surface area contributed by atoms with Crippen LogP contribution in [-0.2, 0) is 10.8 Å². The lowest BCUT2D eigenvalue weighted by Crippen LogP contribution is -2.45. The summed E-state index contributed by atoms with van der Waals surface area (Å²) in [6.45, 7) is 3.54. The second-order valence-electron chi connectivity index (χ2n) is 3.35. The zero-order valence-corrected chi connectivity index (χ0v) is 8.32. The van der Waals surface area contributed by atoms with Gasteiger partial charge in [0.2, 0.25) is 0 Å². The Labute approximate surface area is 76.0 Å². The maximum Gasteiger partial charge on any atom is 0.0789 e. The molecule has 1 heterocycles. The molecule has 1 aliphatic heterocycles. The topological polar surface area (TPSA) is 49.3 Å². The molecule has 0 saturated carbocycles. The van der Waals surface area contributed by atoms with Crippen molar-refractivity contribution < 1.29 is 9.32 Å². The first-order chi connectivity index (χ1) is 5.66. The van der Waals surface area contributed by atoms with E-state index in [-0.39, 0.29) is 0 Å². The SMILES string of the molecule is CCNCC1(O)CCS(=O)CC1. The molecule has 0 atom stereocenters. The van der Waals surface area contributed by atoms with Gasteiger partial charge < -0.3 is 10.4 Å². The standard InChI is InChI=1S/C8H17NO2S/c1-2-9-7-8(10)3-5-12(11)6-4-8/h9-10H,2-7H2,1H3. The van der Waals surface area contributed by atoms with Gasteiger partial charge in [0.25, 0.3) is 0 Å². The van der Waals surface area contributed by atoms with E-state index in [1.807, 2.05) is 6.92 Å². The fraction of sp³-hybridized carbons (Fsp3) is 1.00. The van der Waals surface area contributed by atoms with Gasteiger partial charge in [0.05, 0.1) is 5.60 Å². The lowest BCUT2D eigenvalue weighted by Gasteiger charge is -2.31. The van der Waals surface area contributed by atoms with E-state index in [2.05, 4.69) is 5.32 Å². The van der Waals surface area contributed by atoms with Crippen LogP contribution in [0.3, 0.4) is 0 Å². The molecule has 1 fully saturated rings. The largest absolute Gasteiger partial charge is 0.388 e. The van der Waals surface area contributed by atoms with Crippen molar-refractivity contribution in [3.63, 3.8) is 0 Å². The van der Waals surface area contributed by atoms with Gasteiger partial charge >= 0.3 is 0 Å². The van der Waals surface area contributed by atoms with Crippen LogP contribution < -0.4 is 5.32 Å². The Hall–Kier alpha value is 0.0700. The van der Waals surface area contributed by atoms with Crippen molar-refractivity contribution in [1.29, 1.82) is 0 Å². The lowest BCUT2D eigenvalue weighted by molar-refractivity contribution is 0.0320. The molecule has 0 bridgehead atoms. The van der Waals surface area contributed by atoms with Crippen molar-refractivity contribution in [1.82, 2.24) is 5.32 Å². The number of rotatable bonds is 3. The maximum absolute atomic E-state index is 11.0. The number of hydrogen-bond donors (Lipinski definition) is 2. The van der Waals surface area contributed by atoms with E-state index in [1.165, 1.54) is 0 Å². The zero-order chi connectivity index (χ0) is 9.03. The number of aliphatic hydroxyl groups is 1. The van der Waals surface area contributed by atoms with Crippen LogP contribution in [0.1, 0.15) is 19.8 Å². The monoisotopic (exact) mass is 191 g/mol. The predicted molar refractivity (Wildman–Crippen MR) is 50.6 cm³/mol. The Morgan fingerprint density at radius 1 is 1.50 bits per heavy atom. The first-order valence-corrected chi connectivity index (χ1v) is 5.93. The Kier molecular flexibility index (Phi) is 3.68. The molecule has 72 valence electrons. The van der Waals surface area contributed by atoms with Crippen LogP contribution >= 0.6 is 0 Å². The van der Waals surface area contributed by atoms with Crippen LogP contribution in [0.4, 0.5) is 0 Å². The first-order valence-electron chi connectivity index (χ1n) is 4.44. The molecular weight excluding hydrogens is 174 g/mol. The van der Waals surface area contributed by atoms with E-state index < -0.39 is 16.4 Å². The van der Waals surface area contributed by atoms with E-state index >= 15 is 0 Å². The summed E-state index contributed by atoms with van der Waals surface area (Å²) in [7, 11) is -0.680. The average molecular weight is 191 g/mol. The second kappa shape index (κ2) is 4.35. The van der Waals surface area contributed by atoms with Gasteiger partial charge in [-0.3, -0.25) is 4.21 Å². The summed E-state index contributed by atoms with van der Waals surface area (Å²) < 4.78 is 11.0. The highest BCUT2D eigenvalue weighted by molar-refractivity contribution is 7.85. The summed E-state index contributed by atoms with van der Waals surface area (Å²) in [5, 5.41) is 13.0. The Morgan fingerprint density at radius 2 is 2.08 bits per heavy atom. The molecule has 0 aliphatic carbocycles. The molecule has 0 radical (unpaired) electrons. The van der Waals surface area contributed by atoms with Crippen LogP contribution in [0.5, 0.6) is 0 Å². The molecule has 0 unspecified atom stereocenters. The van der Waals surface area contributed by atoms with E-state index in [9.17, 15) is 9.32 Å². The van der Waals surface area contributed by atoms with Gasteiger partial charge in [0, 0.05) is 28.9 Å². The van der Waals surface area contributed by atoms with Crippen LogP contribution in [0.25, 0.3) is 0 Å². The fourth-order valence-electron chi connectivity index (χ4n) is 1.37. The van der Waals surface area contributed by atoms with Crippen molar-refractivity contribution >= 4 is 10.8 Å². The minimum Gasteiger partial charge on any atom is -0.388 e. The third kappa shape index (κ3) is 2.84.